The van der Waals surface area contributed by atoms with Crippen LogP contribution in [0, 0.1) is 5.92 Å². The minimum atomic E-state index is -1.04. The molecule has 2 atom stereocenters. The molecule has 0 fully saturated rings. The van der Waals surface area contributed by atoms with Crippen molar-refractivity contribution in [2.45, 2.75) is 46.2 Å². The van der Waals surface area contributed by atoms with E-state index in [2.05, 4.69) is 15.6 Å². The normalized spacial score (nSPS) is 13.8. The van der Waals surface area contributed by atoms with E-state index in [1.165, 1.54) is 0 Å². The van der Waals surface area contributed by atoms with Crippen LogP contribution < -0.4 is 10.6 Å². The van der Waals surface area contributed by atoms with Crippen LogP contribution in [-0.4, -0.2) is 28.1 Å². The van der Waals surface area contributed by atoms with Gasteiger partial charge in [0.25, 0.3) is 0 Å². The van der Waals surface area contributed by atoms with E-state index < -0.39 is 18.0 Å². The number of nitrogens with zero attached hydrogens (tertiary/aromatic N) is 1. The second-order valence-corrected chi connectivity index (χ2v) is 6.06. The van der Waals surface area contributed by atoms with Crippen molar-refractivity contribution in [1.29, 1.82) is 0 Å². The number of amides is 2. The molecule has 2 amide bonds. The number of hydrogen-bond donors (Lipinski definition) is 3. The Labute approximate surface area is 122 Å². The smallest absolute Gasteiger partial charge is 0.326 e. The van der Waals surface area contributed by atoms with Crippen LogP contribution in [-0.2, 0) is 11.2 Å². The molecule has 3 N–H and O–H groups in total. The van der Waals surface area contributed by atoms with Crippen LogP contribution in [0.5, 0.6) is 0 Å². The Kier molecular flexibility index (Phi) is 5.94. The highest BCUT2D eigenvalue weighted by Crippen LogP contribution is 2.20. The molecule has 0 saturated heterocycles. The van der Waals surface area contributed by atoms with Crippen LogP contribution in [0.15, 0.2) is 6.20 Å². The van der Waals surface area contributed by atoms with Crippen molar-refractivity contribution >= 4 is 23.3 Å². The van der Waals surface area contributed by atoms with Crippen molar-refractivity contribution < 1.29 is 14.7 Å². The molecule has 1 unspecified atom stereocenters. The molecule has 0 radical (unpaired) electrons. The van der Waals surface area contributed by atoms with Gasteiger partial charge < -0.3 is 15.7 Å². The number of hydrogen-bond acceptors (Lipinski definition) is 4. The van der Waals surface area contributed by atoms with Crippen LogP contribution >= 0.6 is 11.3 Å². The van der Waals surface area contributed by atoms with E-state index in [-0.39, 0.29) is 12.0 Å². The molecule has 1 heterocycles. The summed E-state index contributed by atoms with van der Waals surface area (Å²) in [5, 5.41) is 15.0. The first kappa shape index (κ1) is 16.4. The van der Waals surface area contributed by atoms with E-state index in [4.69, 9.17) is 5.11 Å². The summed E-state index contributed by atoms with van der Waals surface area (Å²) in [4.78, 5) is 28.2. The van der Waals surface area contributed by atoms with Gasteiger partial charge >= 0.3 is 12.0 Å². The Morgan fingerprint density at radius 2 is 2.00 bits per heavy atom. The van der Waals surface area contributed by atoms with E-state index in [0.29, 0.717) is 0 Å². The van der Waals surface area contributed by atoms with Gasteiger partial charge in [-0.25, -0.2) is 14.6 Å². The predicted molar refractivity (Wildman–Crippen MR) is 77.8 cm³/mol. The maximum absolute atomic E-state index is 11.8. The third kappa shape index (κ3) is 4.48. The summed E-state index contributed by atoms with van der Waals surface area (Å²) in [7, 11) is 0. The first-order chi connectivity index (χ1) is 9.35. The molecule has 7 heteroatoms. The number of rotatable bonds is 6. The molecule has 1 rings (SSSR count). The minimum Gasteiger partial charge on any atom is -0.480 e. The van der Waals surface area contributed by atoms with E-state index in [1.807, 2.05) is 13.8 Å². The molecule has 0 aliphatic heterocycles. The van der Waals surface area contributed by atoms with Gasteiger partial charge in [-0.2, -0.15) is 0 Å². The number of carbonyl (C=O) groups excluding carboxylic acids is 1. The first-order valence-electron chi connectivity index (χ1n) is 6.59. The maximum atomic E-state index is 11.8. The standard InChI is InChI=1S/C13H21N3O3S/c1-5-9-6-14-11(20-9)8(4)15-13(19)16-10(7(2)3)12(17)18/h6-8,10H,5H2,1-4H3,(H,17,18)(H2,15,16,19)/t8?,10-/m0/s1. The molecule has 0 saturated carbocycles. The molecular weight excluding hydrogens is 278 g/mol. The Balaban J connectivity index is 2.59. The van der Waals surface area contributed by atoms with E-state index in [1.54, 1.807) is 31.4 Å². The highest BCUT2D eigenvalue weighted by molar-refractivity contribution is 7.11. The zero-order valence-electron chi connectivity index (χ0n) is 12.1. The molecular formula is C13H21N3O3S. The Morgan fingerprint density at radius 3 is 2.45 bits per heavy atom. The number of nitrogens with one attached hydrogen (secondary N) is 2. The molecule has 112 valence electrons. The van der Waals surface area contributed by atoms with Crippen LogP contribution in [0.1, 0.15) is 43.6 Å². The number of aryl methyl sites for hydroxylation is 1. The van der Waals surface area contributed by atoms with Gasteiger partial charge in [0.15, 0.2) is 0 Å². The van der Waals surface area contributed by atoms with Gasteiger partial charge in [0.05, 0.1) is 6.04 Å². The summed E-state index contributed by atoms with van der Waals surface area (Å²) in [5.41, 5.74) is 0. The van der Waals surface area contributed by atoms with Crippen LogP contribution in [0.25, 0.3) is 0 Å². The summed E-state index contributed by atoms with van der Waals surface area (Å²) in [6.45, 7) is 7.36. The minimum absolute atomic E-state index is 0.180. The van der Waals surface area contributed by atoms with E-state index >= 15 is 0 Å². The lowest BCUT2D eigenvalue weighted by molar-refractivity contribution is -0.140. The summed E-state index contributed by atoms with van der Waals surface area (Å²) in [5.74, 6) is -1.22. The molecule has 0 aliphatic rings. The van der Waals surface area contributed by atoms with Gasteiger partial charge in [-0.15, -0.1) is 11.3 Å². The van der Waals surface area contributed by atoms with Crippen molar-refractivity contribution in [3.8, 4) is 0 Å². The first-order valence-corrected chi connectivity index (χ1v) is 7.41. The lowest BCUT2D eigenvalue weighted by Crippen LogP contribution is -2.49. The lowest BCUT2D eigenvalue weighted by atomic mass is 10.1. The second-order valence-electron chi connectivity index (χ2n) is 4.92. The Bertz CT molecular complexity index is 473. The maximum Gasteiger partial charge on any atom is 0.326 e. The fourth-order valence-electron chi connectivity index (χ4n) is 1.64. The summed E-state index contributed by atoms with van der Waals surface area (Å²) < 4.78 is 0. The summed E-state index contributed by atoms with van der Waals surface area (Å²) in [6, 6.07) is -1.64. The third-order valence-corrected chi connectivity index (χ3v) is 4.18. The monoisotopic (exact) mass is 299 g/mol. The molecule has 0 bridgehead atoms. The van der Waals surface area contributed by atoms with Gasteiger partial charge in [0.2, 0.25) is 0 Å². The number of carboxylic acid groups (broad SMARTS) is 1. The van der Waals surface area contributed by atoms with Gasteiger partial charge in [-0.3, -0.25) is 0 Å². The molecule has 20 heavy (non-hydrogen) atoms. The van der Waals surface area contributed by atoms with Crippen molar-refractivity contribution in [3.05, 3.63) is 16.1 Å². The topological polar surface area (TPSA) is 91.3 Å². The lowest BCUT2D eigenvalue weighted by Gasteiger charge is -2.19. The van der Waals surface area contributed by atoms with Crippen molar-refractivity contribution in [3.63, 3.8) is 0 Å². The zero-order chi connectivity index (χ0) is 15.3. The van der Waals surface area contributed by atoms with Gasteiger partial charge in [0.1, 0.15) is 11.0 Å². The summed E-state index contributed by atoms with van der Waals surface area (Å²) in [6.07, 6.45) is 2.70. The molecule has 0 aliphatic carbocycles. The van der Waals surface area contributed by atoms with Gasteiger partial charge in [-0.1, -0.05) is 20.8 Å². The highest BCUT2D eigenvalue weighted by Gasteiger charge is 2.24. The van der Waals surface area contributed by atoms with E-state index in [9.17, 15) is 9.59 Å². The van der Waals surface area contributed by atoms with E-state index in [0.717, 1.165) is 16.3 Å². The number of urea groups is 1. The van der Waals surface area contributed by atoms with Crippen LogP contribution in [0.3, 0.4) is 0 Å². The van der Waals surface area contributed by atoms with Crippen molar-refractivity contribution in [1.82, 2.24) is 15.6 Å². The average molecular weight is 299 g/mol. The highest BCUT2D eigenvalue weighted by atomic mass is 32.1. The molecule has 0 spiro atoms. The fraction of sp³-hybridized carbons (Fsp3) is 0.615. The van der Waals surface area contributed by atoms with Crippen molar-refractivity contribution in [2.24, 2.45) is 5.92 Å². The molecule has 1 aromatic rings. The third-order valence-electron chi connectivity index (χ3n) is 2.86. The number of carbonyl (C=O) groups is 2. The van der Waals surface area contributed by atoms with Crippen molar-refractivity contribution in [2.75, 3.05) is 0 Å². The average Bonchev–Trinajstić information content (AvgIpc) is 2.83. The number of thiazole rings is 1. The Morgan fingerprint density at radius 1 is 1.35 bits per heavy atom. The predicted octanol–water partition coefficient (Wildman–Crippen LogP) is 2.17. The van der Waals surface area contributed by atoms with Crippen LogP contribution in [0.2, 0.25) is 0 Å². The molecule has 6 nitrogen and oxygen atoms in total. The fourth-order valence-corrected chi connectivity index (χ4v) is 2.50. The number of carboxylic acids is 1. The largest absolute Gasteiger partial charge is 0.480 e. The zero-order valence-corrected chi connectivity index (χ0v) is 13.0. The van der Waals surface area contributed by atoms with Gasteiger partial charge in [0, 0.05) is 11.1 Å². The number of aliphatic carboxylic acids is 1. The number of aromatic nitrogens is 1. The molecule has 1 aromatic heterocycles. The second kappa shape index (κ2) is 7.23. The molecule has 0 aromatic carbocycles. The quantitative estimate of drug-likeness (QED) is 0.750. The SMILES string of the molecule is CCc1cnc(C(C)NC(=O)N[C@H](C(=O)O)C(C)C)s1. The van der Waals surface area contributed by atoms with Crippen LogP contribution in [0.4, 0.5) is 4.79 Å². The Hall–Kier alpha value is -1.63. The summed E-state index contributed by atoms with van der Waals surface area (Å²) >= 11 is 1.54. The van der Waals surface area contributed by atoms with Gasteiger partial charge in [-0.05, 0) is 19.3 Å².